The van der Waals surface area contributed by atoms with Gasteiger partial charge in [0.1, 0.15) is 24.2 Å². The fourth-order valence-electron chi connectivity index (χ4n) is 7.77. The number of benzene rings is 3. The minimum absolute atomic E-state index is 0.0198. The molecule has 12 nitrogen and oxygen atoms in total. The molecule has 0 spiro atoms. The summed E-state index contributed by atoms with van der Waals surface area (Å²) >= 11 is 0. The Morgan fingerprint density at radius 1 is 0.944 bits per heavy atom. The smallest absolute Gasteiger partial charge is 0.264 e. The van der Waals surface area contributed by atoms with Gasteiger partial charge in [-0.05, 0) is 110 Å². The summed E-state index contributed by atoms with van der Waals surface area (Å²) in [7, 11) is 0. The number of hydrogen-bond acceptors (Lipinski definition) is 9. The van der Waals surface area contributed by atoms with Crippen LogP contribution in [0.1, 0.15) is 77.6 Å². The highest BCUT2D eigenvalue weighted by Gasteiger charge is 2.45. The Labute approximate surface area is 311 Å². The Kier molecular flexibility index (Phi) is 11.0. The van der Waals surface area contributed by atoms with E-state index in [1.807, 2.05) is 13.0 Å². The number of nitrogens with one attached hydrogen (secondary N) is 3. The van der Waals surface area contributed by atoms with Crippen LogP contribution < -0.4 is 20.7 Å². The van der Waals surface area contributed by atoms with E-state index in [9.17, 15) is 28.4 Å². The lowest BCUT2D eigenvalue weighted by Crippen LogP contribution is -2.54. The molecule has 54 heavy (non-hydrogen) atoms. The monoisotopic (exact) mass is 735 g/mol. The Bertz CT molecular complexity index is 2080. The Morgan fingerprint density at radius 3 is 2.52 bits per heavy atom. The number of halogens is 1. The number of fused-ring (bicyclic) bond motifs is 2. The van der Waals surface area contributed by atoms with Crippen molar-refractivity contribution in [2.45, 2.75) is 57.4 Å². The van der Waals surface area contributed by atoms with E-state index in [2.05, 4.69) is 20.9 Å². The largest absolute Gasteiger partial charge is 0.491 e. The summed E-state index contributed by atoms with van der Waals surface area (Å²) in [5.41, 5.74) is 3.49. The molecule has 0 bridgehead atoms. The van der Waals surface area contributed by atoms with Gasteiger partial charge in [0.05, 0.1) is 29.9 Å². The third-order valence-corrected chi connectivity index (χ3v) is 10.7. The average molecular weight is 736 g/mol. The summed E-state index contributed by atoms with van der Waals surface area (Å²) in [4.78, 5) is 68.7. The summed E-state index contributed by atoms with van der Waals surface area (Å²) in [6.07, 6.45) is 5.66. The molecule has 3 heterocycles. The van der Waals surface area contributed by atoms with E-state index in [0.29, 0.717) is 49.4 Å². The van der Waals surface area contributed by atoms with Crippen LogP contribution in [0.25, 0.3) is 10.9 Å². The number of amides is 5. The maximum atomic E-state index is 14.0. The summed E-state index contributed by atoms with van der Waals surface area (Å²) < 4.78 is 25.5. The van der Waals surface area contributed by atoms with E-state index >= 15 is 0 Å². The van der Waals surface area contributed by atoms with Gasteiger partial charge < -0.3 is 20.1 Å². The number of carbonyl (C=O) groups excluding carboxylic acids is 5. The number of nitrogens with zero attached hydrogens (tertiary/aromatic N) is 2. The van der Waals surface area contributed by atoms with E-state index in [1.165, 1.54) is 6.07 Å². The van der Waals surface area contributed by atoms with E-state index in [-0.39, 0.29) is 47.5 Å². The molecule has 280 valence electrons. The van der Waals surface area contributed by atoms with Gasteiger partial charge in [-0.1, -0.05) is 13.0 Å². The summed E-state index contributed by atoms with van der Waals surface area (Å²) in [5, 5.41) is 9.25. The molecule has 0 radical (unpaired) electrons. The predicted molar refractivity (Wildman–Crippen MR) is 199 cm³/mol. The van der Waals surface area contributed by atoms with Crippen LogP contribution in [-0.2, 0) is 19.1 Å². The third kappa shape index (κ3) is 7.81. The summed E-state index contributed by atoms with van der Waals surface area (Å²) in [6, 6.07) is 17.8. The molecule has 3 aromatic carbocycles. The first-order chi connectivity index (χ1) is 26.2. The first kappa shape index (κ1) is 36.7. The van der Waals surface area contributed by atoms with Crippen LogP contribution in [0.4, 0.5) is 15.8 Å². The molecule has 3 N–H and O–H groups in total. The van der Waals surface area contributed by atoms with Crippen molar-refractivity contribution in [2.75, 3.05) is 37.0 Å². The minimum atomic E-state index is -1.03. The van der Waals surface area contributed by atoms with Crippen LogP contribution in [0.2, 0.25) is 0 Å². The molecule has 1 aromatic heterocycles. The van der Waals surface area contributed by atoms with Gasteiger partial charge in [-0.2, -0.15) is 0 Å². The van der Waals surface area contributed by atoms with Crippen molar-refractivity contribution in [2.24, 2.45) is 11.8 Å². The van der Waals surface area contributed by atoms with Gasteiger partial charge in [-0.3, -0.25) is 39.2 Å². The number of ether oxygens (including phenoxy) is 2. The van der Waals surface area contributed by atoms with Gasteiger partial charge in [-0.25, -0.2) is 4.39 Å². The molecule has 1 saturated heterocycles. The van der Waals surface area contributed by atoms with Gasteiger partial charge in [-0.15, -0.1) is 0 Å². The molecule has 2 fully saturated rings. The lowest BCUT2D eigenvalue weighted by Gasteiger charge is -2.32. The van der Waals surface area contributed by atoms with Crippen molar-refractivity contribution in [3.63, 3.8) is 0 Å². The number of aromatic nitrogens is 1. The van der Waals surface area contributed by atoms with E-state index < -0.39 is 29.7 Å². The minimum Gasteiger partial charge on any atom is -0.491 e. The zero-order valence-electron chi connectivity index (χ0n) is 29.9. The molecule has 1 unspecified atom stereocenters. The molecule has 13 heteroatoms. The highest BCUT2D eigenvalue weighted by atomic mass is 19.1. The van der Waals surface area contributed by atoms with Gasteiger partial charge in [0.15, 0.2) is 0 Å². The molecule has 2 atom stereocenters. The van der Waals surface area contributed by atoms with Crippen LogP contribution in [0, 0.1) is 17.7 Å². The van der Waals surface area contributed by atoms with Crippen molar-refractivity contribution < 1.29 is 37.8 Å². The van der Waals surface area contributed by atoms with Gasteiger partial charge in [0.2, 0.25) is 17.7 Å². The van der Waals surface area contributed by atoms with Crippen molar-refractivity contribution in [3.05, 3.63) is 95.4 Å². The highest BCUT2D eigenvalue weighted by Crippen LogP contribution is 2.41. The highest BCUT2D eigenvalue weighted by molar-refractivity contribution is 6.25. The SMILES string of the molecule is C[C@@H](C(=O)Nc1ccc(OCCOCCNc2cccc3c2C(=O)N(C2CCC(=O)NC2=O)C3=O)cc1)[C@H]1CC[C@@H](c2ccnc3ccc(F)cc32)CC1. The number of hydrogen-bond donors (Lipinski definition) is 3. The van der Waals surface area contributed by atoms with E-state index in [1.54, 1.807) is 60.8 Å². The van der Waals surface area contributed by atoms with Crippen molar-refractivity contribution >= 4 is 51.8 Å². The molecule has 4 aromatic rings. The van der Waals surface area contributed by atoms with Gasteiger partial charge >= 0.3 is 0 Å². The maximum Gasteiger partial charge on any atom is 0.264 e. The Balaban J connectivity index is 0.810. The topological polar surface area (TPSA) is 156 Å². The molecular formula is C41H42FN5O7. The quantitative estimate of drug-likeness (QED) is 0.114. The number of rotatable bonds is 13. The second-order valence-electron chi connectivity index (χ2n) is 14.0. The maximum absolute atomic E-state index is 14.0. The van der Waals surface area contributed by atoms with Gasteiger partial charge in [0, 0.05) is 41.8 Å². The Morgan fingerprint density at radius 2 is 1.74 bits per heavy atom. The van der Waals surface area contributed by atoms with Crippen LogP contribution in [0.15, 0.2) is 72.9 Å². The predicted octanol–water partition coefficient (Wildman–Crippen LogP) is 5.83. The Hall–Kier alpha value is -5.69. The normalized spacial score (nSPS) is 20.4. The first-order valence-corrected chi connectivity index (χ1v) is 18.4. The fourth-order valence-corrected chi connectivity index (χ4v) is 7.77. The number of imide groups is 2. The van der Waals surface area contributed by atoms with Crippen molar-refractivity contribution in [1.29, 1.82) is 0 Å². The molecular weight excluding hydrogens is 693 g/mol. The molecule has 1 saturated carbocycles. The molecule has 5 amide bonds. The van der Waals surface area contributed by atoms with Crippen molar-refractivity contribution in [1.82, 2.24) is 15.2 Å². The lowest BCUT2D eigenvalue weighted by atomic mass is 9.73. The summed E-state index contributed by atoms with van der Waals surface area (Å²) in [6.45, 7) is 3.24. The number of piperidine rings is 1. The van der Waals surface area contributed by atoms with E-state index in [4.69, 9.17) is 9.47 Å². The standard InChI is InChI=1S/C41H42FN5O7/c1-24(25-5-7-26(8-6-25)30-17-18-43-33-14-9-27(42)23-32(30)33)38(49)45-28-10-12-29(13-11-28)54-22-21-53-20-19-44-34-4-2-3-31-37(34)41(52)47(40(31)51)35-15-16-36(48)46-39(35)50/h2-4,9-14,17-18,23-26,35,44H,5-8,15-16,19-22H2,1H3,(H,45,49)(H,46,48,50)/t24-,25-,26+,35?/m1/s1. The van der Waals surface area contributed by atoms with E-state index in [0.717, 1.165) is 47.0 Å². The van der Waals surface area contributed by atoms with Crippen LogP contribution in [0.3, 0.4) is 0 Å². The number of pyridine rings is 1. The van der Waals surface area contributed by atoms with Crippen LogP contribution in [0.5, 0.6) is 5.75 Å². The van der Waals surface area contributed by atoms with Crippen LogP contribution >= 0.6 is 0 Å². The third-order valence-electron chi connectivity index (χ3n) is 10.7. The zero-order chi connectivity index (χ0) is 37.8. The molecule has 7 rings (SSSR count). The first-order valence-electron chi connectivity index (χ1n) is 18.4. The average Bonchev–Trinajstić information content (AvgIpc) is 3.43. The molecule has 3 aliphatic rings. The molecule has 1 aliphatic carbocycles. The number of anilines is 2. The van der Waals surface area contributed by atoms with Crippen LogP contribution in [-0.4, -0.2) is 71.8 Å². The molecule has 2 aliphatic heterocycles. The fraction of sp³-hybridized carbons (Fsp3) is 0.366. The lowest BCUT2D eigenvalue weighted by molar-refractivity contribution is -0.136. The summed E-state index contributed by atoms with van der Waals surface area (Å²) in [5.74, 6) is -1.43. The second-order valence-corrected chi connectivity index (χ2v) is 14.0. The van der Waals surface area contributed by atoms with Gasteiger partial charge in [0.25, 0.3) is 11.8 Å². The second kappa shape index (κ2) is 16.1. The van der Waals surface area contributed by atoms with Crippen molar-refractivity contribution in [3.8, 4) is 5.75 Å². The number of carbonyl (C=O) groups is 5. The zero-order valence-corrected chi connectivity index (χ0v) is 29.9.